The maximum Gasteiger partial charge on any atom is 0.408 e. The van der Waals surface area contributed by atoms with Gasteiger partial charge in [0, 0.05) is 5.41 Å². The molecule has 0 spiro atoms. The molecule has 8 heteroatoms. The maximum atomic E-state index is 13.9. The third-order valence-electron chi connectivity index (χ3n) is 7.73. The molecule has 0 heterocycles. The lowest BCUT2D eigenvalue weighted by Gasteiger charge is -2.62. The van der Waals surface area contributed by atoms with Crippen molar-refractivity contribution in [2.75, 3.05) is 7.11 Å². The van der Waals surface area contributed by atoms with E-state index in [4.69, 9.17) is 9.47 Å². The van der Waals surface area contributed by atoms with E-state index in [1.807, 2.05) is 30.3 Å². The zero-order valence-electron chi connectivity index (χ0n) is 21.1. The highest BCUT2D eigenvalue weighted by atomic mass is 16.6. The van der Waals surface area contributed by atoms with Crippen LogP contribution in [0.3, 0.4) is 0 Å². The highest BCUT2D eigenvalue weighted by Crippen LogP contribution is 2.62. The van der Waals surface area contributed by atoms with E-state index in [-0.39, 0.29) is 12.3 Å². The molecule has 4 atom stereocenters. The summed E-state index contributed by atoms with van der Waals surface area (Å²) in [6.45, 7) is 5.32. The van der Waals surface area contributed by atoms with Crippen molar-refractivity contribution in [1.29, 1.82) is 0 Å². The molecule has 4 bridgehead atoms. The lowest BCUT2D eigenvalue weighted by atomic mass is 9.46. The van der Waals surface area contributed by atoms with Gasteiger partial charge >= 0.3 is 12.1 Å². The molecule has 0 saturated heterocycles. The Kier molecular flexibility index (Phi) is 6.88. The van der Waals surface area contributed by atoms with Crippen molar-refractivity contribution in [3.63, 3.8) is 0 Å². The minimum absolute atomic E-state index is 0.0341. The Morgan fingerprint density at radius 1 is 1.06 bits per heavy atom. The second-order valence-electron chi connectivity index (χ2n) is 11.9. The Balaban J connectivity index is 1.63. The Morgan fingerprint density at radius 3 is 2.23 bits per heavy atom. The molecule has 0 aromatic heterocycles. The fourth-order valence-corrected chi connectivity index (χ4v) is 6.99. The molecule has 8 nitrogen and oxygen atoms in total. The van der Waals surface area contributed by atoms with Crippen LogP contribution in [0.4, 0.5) is 4.79 Å². The number of benzene rings is 1. The summed E-state index contributed by atoms with van der Waals surface area (Å²) in [4.78, 5) is 38.9. The van der Waals surface area contributed by atoms with Crippen molar-refractivity contribution in [1.82, 2.24) is 10.6 Å². The minimum Gasteiger partial charge on any atom is -0.469 e. The van der Waals surface area contributed by atoms with Gasteiger partial charge in [0.2, 0.25) is 5.91 Å². The Bertz CT molecular complexity index is 942. The van der Waals surface area contributed by atoms with E-state index < -0.39 is 40.8 Å². The highest BCUT2D eigenvalue weighted by Gasteiger charge is 2.61. The maximum absolute atomic E-state index is 13.9. The molecule has 3 N–H and O–H groups in total. The van der Waals surface area contributed by atoms with Gasteiger partial charge in [-0.1, -0.05) is 30.3 Å². The molecule has 4 aliphatic rings. The predicted octanol–water partition coefficient (Wildman–Crippen LogP) is 3.63. The lowest BCUT2D eigenvalue weighted by Crippen LogP contribution is -2.66. The monoisotopic (exact) mass is 486 g/mol. The summed E-state index contributed by atoms with van der Waals surface area (Å²) in [7, 11) is 1.31. The first kappa shape index (κ1) is 25.5. The first-order valence-corrected chi connectivity index (χ1v) is 12.5. The second-order valence-corrected chi connectivity index (χ2v) is 11.9. The van der Waals surface area contributed by atoms with Crippen LogP contribution in [0.25, 0.3) is 0 Å². The van der Waals surface area contributed by atoms with Crippen molar-refractivity contribution in [3.8, 4) is 0 Å². The summed E-state index contributed by atoms with van der Waals surface area (Å²) in [5, 5.41) is 17.2. The van der Waals surface area contributed by atoms with E-state index in [0.29, 0.717) is 18.3 Å². The topological polar surface area (TPSA) is 114 Å². The zero-order valence-corrected chi connectivity index (χ0v) is 21.1. The van der Waals surface area contributed by atoms with Gasteiger partial charge in [-0.05, 0) is 76.7 Å². The van der Waals surface area contributed by atoms with Crippen LogP contribution in [-0.4, -0.2) is 47.4 Å². The summed E-state index contributed by atoms with van der Waals surface area (Å²) >= 11 is 0. The smallest absolute Gasteiger partial charge is 0.408 e. The number of hydrogen-bond acceptors (Lipinski definition) is 6. The van der Waals surface area contributed by atoms with Crippen LogP contribution >= 0.6 is 0 Å². The van der Waals surface area contributed by atoms with Crippen LogP contribution in [0.5, 0.6) is 0 Å². The molecule has 5 rings (SSSR count). The number of ether oxygens (including phenoxy) is 2. The average molecular weight is 487 g/mol. The summed E-state index contributed by atoms with van der Waals surface area (Å²) < 4.78 is 10.4. The molecular weight excluding hydrogens is 448 g/mol. The molecule has 4 fully saturated rings. The molecule has 0 radical (unpaired) electrons. The van der Waals surface area contributed by atoms with Crippen molar-refractivity contribution in [2.45, 2.75) is 89.0 Å². The number of rotatable bonds is 7. The molecular formula is C27H38N2O6. The molecule has 4 saturated carbocycles. The van der Waals surface area contributed by atoms with Gasteiger partial charge in [-0.25, -0.2) is 4.79 Å². The Labute approximate surface area is 207 Å². The number of alkyl carbamates (subject to hydrolysis) is 1. The molecule has 1 aromatic rings. The van der Waals surface area contributed by atoms with Gasteiger partial charge in [-0.15, -0.1) is 0 Å². The van der Waals surface area contributed by atoms with Crippen LogP contribution < -0.4 is 10.6 Å². The number of nitrogens with one attached hydrogen (secondary N) is 2. The highest BCUT2D eigenvalue weighted by molar-refractivity contribution is 5.87. The number of aliphatic hydroxyl groups is 1. The molecule has 4 aliphatic carbocycles. The van der Waals surface area contributed by atoms with Crippen molar-refractivity contribution >= 4 is 18.0 Å². The third kappa shape index (κ3) is 5.80. The molecule has 2 amide bonds. The van der Waals surface area contributed by atoms with Crippen molar-refractivity contribution < 1.29 is 29.0 Å². The van der Waals surface area contributed by atoms with Crippen LogP contribution in [0.15, 0.2) is 30.3 Å². The number of esters is 1. The normalized spacial score (nSPS) is 30.8. The van der Waals surface area contributed by atoms with Gasteiger partial charge in [0.25, 0.3) is 0 Å². The average Bonchev–Trinajstić information content (AvgIpc) is 2.74. The molecule has 1 aromatic carbocycles. The zero-order chi connectivity index (χ0) is 25.4. The molecule has 0 aliphatic heterocycles. The SMILES string of the molecule is COC(=O)C[C@@H](NC(=O)[C@H](NC(=O)OC(C)(C)C)C12CC3CC(CC(O)(C3)C1)C2)c1ccccc1. The summed E-state index contributed by atoms with van der Waals surface area (Å²) in [5.41, 5.74) is -1.32. The van der Waals surface area contributed by atoms with Gasteiger partial charge in [0.1, 0.15) is 11.6 Å². The second kappa shape index (κ2) is 9.45. The van der Waals surface area contributed by atoms with Gasteiger partial charge < -0.3 is 25.2 Å². The van der Waals surface area contributed by atoms with Gasteiger partial charge in [-0.2, -0.15) is 0 Å². The minimum atomic E-state index is -0.890. The summed E-state index contributed by atoms with van der Waals surface area (Å²) in [6.07, 6.45) is 3.87. The van der Waals surface area contributed by atoms with E-state index in [9.17, 15) is 19.5 Å². The molecule has 2 unspecified atom stereocenters. The van der Waals surface area contributed by atoms with E-state index in [1.165, 1.54) is 7.11 Å². The van der Waals surface area contributed by atoms with Crippen molar-refractivity contribution in [3.05, 3.63) is 35.9 Å². The molecule has 192 valence electrons. The largest absolute Gasteiger partial charge is 0.469 e. The van der Waals surface area contributed by atoms with Crippen LogP contribution in [0.1, 0.15) is 77.3 Å². The van der Waals surface area contributed by atoms with E-state index in [2.05, 4.69) is 10.6 Å². The predicted molar refractivity (Wildman–Crippen MR) is 129 cm³/mol. The van der Waals surface area contributed by atoms with E-state index in [0.717, 1.165) is 37.7 Å². The van der Waals surface area contributed by atoms with E-state index >= 15 is 0 Å². The van der Waals surface area contributed by atoms with E-state index in [1.54, 1.807) is 20.8 Å². The van der Waals surface area contributed by atoms with Crippen molar-refractivity contribution in [2.24, 2.45) is 17.3 Å². The third-order valence-corrected chi connectivity index (χ3v) is 7.73. The Morgan fingerprint density at radius 2 is 1.69 bits per heavy atom. The van der Waals surface area contributed by atoms with Gasteiger partial charge in [-0.3, -0.25) is 9.59 Å². The number of carbonyl (C=O) groups is 3. The first-order valence-electron chi connectivity index (χ1n) is 12.5. The quantitative estimate of drug-likeness (QED) is 0.507. The fraction of sp³-hybridized carbons (Fsp3) is 0.667. The number of hydrogen-bond donors (Lipinski definition) is 3. The van der Waals surface area contributed by atoms with Crippen LogP contribution in [-0.2, 0) is 19.1 Å². The van der Waals surface area contributed by atoms with Gasteiger partial charge in [0.05, 0.1) is 25.2 Å². The first-order chi connectivity index (χ1) is 16.4. The number of carbonyl (C=O) groups excluding carboxylic acids is 3. The Hall–Kier alpha value is -2.61. The number of amides is 2. The number of methoxy groups -OCH3 is 1. The van der Waals surface area contributed by atoms with Crippen LogP contribution in [0, 0.1) is 17.3 Å². The van der Waals surface area contributed by atoms with Crippen LogP contribution in [0.2, 0.25) is 0 Å². The lowest BCUT2D eigenvalue weighted by molar-refractivity contribution is -0.177. The molecule has 35 heavy (non-hydrogen) atoms. The fourth-order valence-electron chi connectivity index (χ4n) is 6.99. The summed E-state index contributed by atoms with van der Waals surface area (Å²) in [5.74, 6) is -0.159. The summed E-state index contributed by atoms with van der Waals surface area (Å²) in [6, 6.07) is 7.74. The standard InChI is InChI=1S/C27H38N2O6/c1-25(2,3)35-24(32)29-22(26-12-17-10-18(13-26)15-27(33,14-17)16-26)23(31)28-20(11-21(30)34-4)19-8-6-5-7-9-19/h5-9,17-18,20,22,33H,10-16H2,1-4H3,(H,28,31)(H,29,32)/t17?,18?,20-,22+,26?,27?/m1/s1. The van der Waals surface area contributed by atoms with Gasteiger partial charge in [0.15, 0.2) is 0 Å².